The summed E-state index contributed by atoms with van der Waals surface area (Å²) in [7, 11) is 0. The number of ether oxygens (including phenoxy) is 1. The molecule has 0 spiro atoms. The number of nitrogens with zero attached hydrogens (tertiary/aromatic N) is 2. The van der Waals surface area contributed by atoms with Crippen LogP contribution < -0.4 is 5.32 Å². The number of hydrogen-bond donors (Lipinski definition) is 1. The van der Waals surface area contributed by atoms with Crippen molar-refractivity contribution in [2.45, 2.75) is 25.5 Å². The molecule has 4 heteroatoms. The van der Waals surface area contributed by atoms with Crippen molar-refractivity contribution in [3.63, 3.8) is 0 Å². The zero-order valence-corrected chi connectivity index (χ0v) is 13.3. The molecule has 1 aromatic heterocycles. The van der Waals surface area contributed by atoms with Gasteiger partial charge in [-0.15, -0.1) is 0 Å². The predicted molar refractivity (Wildman–Crippen MR) is 92.8 cm³/mol. The minimum absolute atomic E-state index is 0.403. The molecule has 4 nitrogen and oxygen atoms in total. The number of aromatic nitrogens is 1. The summed E-state index contributed by atoms with van der Waals surface area (Å²) in [5, 5.41) is 3.40. The molecule has 23 heavy (non-hydrogen) atoms. The van der Waals surface area contributed by atoms with Gasteiger partial charge >= 0.3 is 0 Å². The van der Waals surface area contributed by atoms with Crippen LogP contribution in [0.3, 0.4) is 0 Å². The molecule has 2 aromatic rings. The van der Waals surface area contributed by atoms with Gasteiger partial charge in [-0.2, -0.15) is 0 Å². The van der Waals surface area contributed by atoms with Crippen molar-refractivity contribution < 1.29 is 4.74 Å². The van der Waals surface area contributed by atoms with E-state index in [1.54, 1.807) is 6.20 Å². The van der Waals surface area contributed by atoms with Crippen molar-refractivity contribution >= 4 is 5.82 Å². The summed E-state index contributed by atoms with van der Waals surface area (Å²) < 4.78 is 5.88. The van der Waals surface area contributed by atoms with E-state index >= 15 is 0 Å². The lowest BCUT2D eigenvalue weighted by atomic mass is 10.2. The molecule has 1 aromatic carbocycles. The Labute approximate surface area is 137 Å². The molecule has 0 bridgehead atoms. The summed E-state index contributed by atoms with van der Waals surface area (Å²) in [4.78, 5) is 6.57. The average Bonchev–Trinajstić information content (AvgIpc) is 3.08. The SMILES string of the molecule is C=C(OCc1ccccc1)N1CCCC1CNc1ccccn1. The van der Waals surface area contributed by atoms with E-state index in [-0.39, 0.29) is 0 Å². The zero-order chi connectivity index (χ0) is 15.9. The Morgan fingerprint density at radius 3 is 2.83 bits per heavy atom. The first-order valence-electron chi connectivity index (χ1n) is 8.10. The summed E-state index contributed by atoms with van der Waals surface area (Å²) in [5.41, 5.74) is 1.16. The number of pyridine rings is 1. The number of likely N-dealkylation sites (tertiary alicyclic amines) is 1. The van der Waals surface area contributed by atoms with Gasteiger partial charge in [0.1, 0.15) is 12.4 Å². The normalized spacial score (nSPS) is 17.0. The predicted octanol–water partition coefficient (Wildman–Crippen LogP) is 3.65. The third-order valence-corrected chi connectivity index (χ3v) is 4.13. The van der Waals surface area contributed by atoms with Crippen molar-refractivity contribution in [2.24, 2.45) is 0 Å². The van der Waals surface area contributed by atoms with Crippen LogP contribution in [-0.2, 0) is 11.3 Å². The Kier molecular flexibility index (Phi) is 5.14. The molecule has 1 saturated heterocycles. The maximum absolute atomic E-state index is 5.88. The fourth-order valence-electron chi connectivity index (χ4n) is 2.89. The standard InChI is InChI=1S/C19H23N3O/c1-16(23-15-17-8-3-2-4-9-17)22-13-7-10-18(22)14-21-19-11-5-6-12-20-19/h2-6,8-9,11-12,18H,1,7,10,13-15H2,(H,20,21). The van der Waals surface area contributed by atoms with E-state index < -0.39 is 0 Å². The molecule has 1 N–H and O–H groups in total. The highest BCUT2D eigenvalue weighted by Gasteiger charge is 2.26. The molecule has 0 saturated carbocycles. The van der Waals surface area contributed by atoms with Crippen LogP contribution in [0.5, 0.6) is 0 Å². The minimum Gasteiger partial charge on any atom is -0.475 e. The van der Waals surface area contributed by atoms with Crippen LogP contribution >= 0.6 is 0 Å². The molecule has 2 heterocycles. The highest BCUT2D eigenvalue weighted by atomic mass is 16.5. The Morgan fingerprint density at radius 1 is 1.22 bits per heavy atom. The fraction of sp³-hybridized carbons (Fsp3) is 0.316. The topological polar surface area (TPSA) is 37.4 Å². The van der Waals surface area contributed by atoms with Gasteiger partial charge in [0.15, 0.2) is 5.88 Å². The first-order chi connectivity index (χ1) is 11.3. The quantitative estimate of drug-likeness (QED) is 0.792. The number of rotatable bonds is 7. The van der Waals surface area contributed by atoms with E-state index in [0.717, 1.165) is 36.8 Å². The Balaban J connectivity index is 1.50. The van der Waals surface area contributed by atoms with Gasteiger partial charge in [0.25, 0.3) is 0 Å². The largest absolute Gasteiger partial charge is 0.475 e. The van der Waals surface area contributed by atoms with E-state index in [9.17, 15) is 0 Å². The Hall–Kier alpha value is -2.49. The monoisotopic (exact) mass is 309 g/mol. The maximum atomic E-state index is 5.88. The van der Waals surface area contributed by atoms with Crippen LogP contribution in [0, 0.1) is 0 Å². The zero-order valence-electron chi connectivity index (χ0n) is 13.3. The molecule has 120 valence electrons. The fourth-order valence-corrected chi connectivity index (χ4v) is 2.89. The van der Waals surface area contributed by atoms with Crippen molar-refractivity contribution in [2.75, 3.05) is 18.4 Å². The van der Waals surface area contributed by atoms with Gasteiger partial charge in [-0.1, -0.05) is 36.4 Å². The molecule has 1 unspecified atom stereocenters. The second kappa shape index (κ2) is 7.68. The van der Waals surface area contributed by atoms with Crippen molar-refractivity contribution in [3.8, 4) is 0 Å². The number of anilines is 1. The lowest BCUT2D eigenvalue weighted by Gasteiger charge is -2.28. The van der Waals surface area contributed by atoms with Crippen LogP contribution in [0.15, 0.2) is 67.2 Å². The van der Waals surface area contributed by atoms with Gasteiger partial charge in [-0.25, -0.2) is 4.98 Å². The van der Waals surface area contributed by atoms with Crippen molar-refractivity contribution in [3.05, 3.63) is 72.8 Å². The molecule has 1 aliphatic heterocycles. The maximum Gasteiger partial charge on any atom is 0.182 e. The lowest BCUT2D eigenvalue weighted by molar-refractivity contribution is 0.0989. The molecule has 1 fully saturated rings. The molecule has 0 aliphatic carbocycles. The molecule has 1 atom stereocenters. The number of hydrogen-bond acceptors (Lipinski definition) is 4. The van der Waals surface area contributed by atoms with Crippen LogP contribution in [0.1, 0.15) is 18.4 Å². The highest BCUT2D eigenvalue weighted by Crippen LogP contribution is 2.23. The molecular weight excluding hydrogens is 286 g/mol. The summed E-state index contributed by atoms with van der Waals surface area (Å²) in [6.45, 7) is 6.54. The highest BCUT2D eigenvalue weighted by molar-refractivity contribution is 5.33. The number of nitrogens with one attached hydrogen (secondary N) is 1. The van der Waals surface area contributed by atoms with E-state index in [2.05, 4.69) is 33.9 Å². The van der Waals surface area contributed by atoms with E-state index in [4.69, 9.17) is 4.74 Å². The van der Waals surface area contributed by atoms with Crippen LogP contribution in [0.4, 0.5) is 5.82 Å². The minimum atomic E-state index is 0.403. The first-order valence-corrected chi connectivity index (χ1v) is 8.10. The third-order valence-electron chi connectivity index (χ3n) is 4.13. The Morgan fingerprint density at radius 2 is 2.04 bits per heavy atom. The molecule has 0 amide bonds. The number of benzene rings is 1. The summed E-state index contributed by atoms with van der Waals surface area (Å²) in [5.74, 6) is 1.68. The second-order valence-corrected chi connectivity index (χ2v) is 5.75. The van der Waals surface area contributed by atoms with Crippen LogP contribution in [0.25, 0.3) is 0 Å². The Bertz CT molecular complexity index is 615. The summed E-state index contributed by atoms with van der Waals surface area (Å²) in [6.07, 6.45) is 4.12. The van der Waals surface area contributed by atoms with Gasteiger partial charge in [0.2, 0.25) is 0 Å². The van der Waals surface area contributed by atoms with E-state index in [1.807, 2.05) is 36.4 Å². The smallest absolute Gasteiger partial charge is 0.182 e. The van der Waals surface area contributed by atoms with Crippen LogP contribution in [0.2, 0.25) is 0 Å². The van der Waals surface area contributed by atoms with Gasteiger partial charge in [0, 0.05) is 25.3 Å². The van der Waals surface area contributed by atoms with Crippen molar-refractivity contribution in [1.82, 2.24) is 9.88 Å². The van der Waals surface area contributed by atoms with Crippen LogP contribution in [-0.4, -0.2) is 29.0 Å². The van der Waals surface area contributed by atoms with Gasteiger partial charge in [0.05, 0.1) is 0 Å². The second-order valence-electron chi connectivity index (χ2n) is 5.75. The third kappa shape index (κ3) is 4.25. The van der Waals surface area contributed by atoms with E-state index in [0.29, 0.717) is 12.6 Å². The molecule has 1 aliphatic rings. The first kappa shape index (κ1) is 15.4. The summed E-state index contributed by atoms with van der Waals surface area (Å²) >= 11 is 0. The van der Waals surface area contributed by atoms with Gasteiger partial charge in [-0.05, 0) is 37.1 Å². The average molecular weight is 309 g/mol. The van der Waals surface area contributed by atoms with Gasteiger partial charge in [-0.3, -0.25) is 0 Å². The van der Waals surface area contributed by atoms with Gasteiger partial charge < -0.3 is 15.0 Å². The molecule has 3 rings (SSSR count). The molecule has 0 radical (unpaired) electrons. The van der Waals surface area contributed by atoms with Crippen molar-refractivity contribution in [1.29, 1.82) is 0 Å². The van der Waals surface area contributed by atoms with E-state index in [1.165, 1.54) is 6.42 Å². The summed E-state index contributed by atoms with van der Waals surface area (Å²) in [6, 6.07) is 16.5. The lowest BCUT2D eigenvalue weighted by Crippen LogP contribution is -2.34. The molecular formula is C19H23N3O.